The van der Waals surface area contributed by atoms with Gasteiger partial charge in [0.25, 0.3) is 0 Å². The molecule has 12 heteroatoms. The number of pyridine rings is 1. The van der Waals surface area contributed by atoms with Gasteiger partial charge in [0.15, 0.2) is 5.65 Å². The predicted octanol–water partition coefficient (Wildman–Crippen LogP) is 2.94. The van der Waals surface area contributed by atoms with Crippen LogP contribution in [0.5, 0.6) is 0 Å². The van der Waals surface area contributed by atoms with Gasteiger partial charge in [-0.2, -0.15) is 9.61 Å². The van der Waals surface area contributed by atoms with Gasteiger partial charge in [-0.3, -0.25) is 4.98 Å². The summed E-state index contributed by atoms with van der Waals surface area (Å²) in [6, 6.07) is 6.50. The number of anilines is 1. The first-order valence-corrected chi connectivity index (χ1v) is 13.4. The normalized spacial score (nSPS) is 16.0. The number of aromatic nitrogens is 4. The highest BCUT2D eigenvalue weighted by molar-refractivity contribution is 9.10. The van der Waals surface area contributed by atoms with E-state index in [-0.39, 0.29) is 11.9 Å². The summed E-state index contributed by atoms with van der Waals surface area (Å²) in [5, 5.41) is 8.55. The van der Waals surface area contributed by atoms with Crippen molar-refractivity contribution in [3.63, 3.8) is 0 Å². The number of nitrogen functional groups attached to an aromatic ring is 1. The Bertz CT molecular complexity index is 1500. The summed E-state index contributed by atoms with van der Waals surface area (Å²) in [4.78, 5) is 9.25. The fourth-order valence-electron chi connectivity index (χ4n) is 4.25. The summed E-state index contributed by atoms with van der Waals surface area (Å²) in [7, 11) is -3.16. The molecule has 0 spiro atoms. The summed E-state index contributed by atoms with van der Waals surface area (Å²) >= 11 is 3.54. The minimum atomic E-state index is -3.16. The molecule has 0 amide bonds. The van der Waals surface area contributed by atoms with E-state index in [0.717, 1.165) is 29.7 Å². The van der Waals surface area contributed by atoms with Crippen LogP contribution in [0.4, 0.5) is 10.2 Å². The van der Waals surface area contributed by atoms with Crippen molar-refractivity contribution >= 4 is 48.3 Å². The first kappa shape index (κ1) is 23.1. The summed E-state index contributed by atoms with van der Waals surface area (Å²) in [5.41, 5.74) is 9.83. The van der Waals surface area contributed by atoms with Gasteiger partial charge < -0.3 is 11.1 Å². The average molecular weight is 548 g/mol. The topological polar surface area (TPSA) is 119 Å². The van der Waals surface area contributed by atoms with E-state index >= 15 is 0 Å². The first-order chi connectivity index (χ1) is 16.2. The van der Waals surface area contributed by atoms with E-state index in [1.807, 2.05) is 6.07 Å². The Balaban J connectivity index is 1.42. The van der Waals surface area contributed by atoms with Crippen molar-refractivity contribution in [2.75, 3.05) is 25.1 Å². The van der Waals surface area contributed by atoms with Crippen LogP contribution in [0.3, 0.4) is 0 Å². The van der Waals surface area contributed by atoms with Crippen molar-refractivity contribution in [2.45, 2.75) is 25.4 Å². The highest BCUT2D eigenvalue weighted by Gasteiger charge is 2.25. The lowest BCUT2D eigenvalue weighted by Gasteiger charge is -2.30. The molecule has 1 saturated heterocycles. The maximum atomic E-state index is 13.7. The van der Waals surface area contributed by atoms with Gasteiger partial charge in [-0.25, -0.2) is 22.1 Å². The first-order valence-electron chi connectivity index (χ1n) is 10.8. The number of benzene rings is 1. The van der Waals surface area contributed by atoms with E-state index in [1.54, 1.807) is 23.0 Å². The molecule has 0 saturated carbocycles. The van der Waals surface area contributed by atoms with Gasteiger partial charge in [-0.1, -0.05) is 0 Å². The summed E-state index contributed by atoms with van der Waals surface area (Å²) in [6.45, 7) is 1.44. The van der Waals surface area contributed by atoms with E-state index in [9.17, 15) is 12.8 Å². The molecule has 3 aromatic heterocycles. The molecule has 0 radical (unpaired) electrons. The van der Waals surface area contributed by atoms with E-state index in [2.05, 4.69) is 31.3 Å². The Kier molecular flexibility index (Phi) is 6.00. The molecular weight excluding hydrogens is 525 g/mol. The molecule has 1 aromatic carbocycles. The molecule has 1 aliphatic heterocycles. The second-order valence-electron chi connectivity index (χ2n) is 8.43. The lowest BCUT2D eigenvalue weighted by atomic mass is 10.1. The zero-order chi connectivity index (χ0) is 24.0. The van der Waals surface area contributed by atoms with Crippen LogP contribution in [0.2, 0.25) is 0 Å². The zero-order valence-corrected chi connectivity index (χ0v) is 20.8. The molecule has 4 aromatic rings. The molecule has 0 unspecified atom stereocenters. The van der Waals surface area contributed by atoms with Crippen LogP contribution >= 0.6 is 15.9 Å². The number of hydrogen-bond acceptors (Lipinski definition) is 7. The molecule has 1 fully saturated rings. The van der Waals surface area contributed by atoms with Gasteiger partial charge in [0, 0.05) is 48.4 Å². The molecule has 3 N–H and O–H groups in total. The second-order valence-corrected chi connectivity index (χ2v) is 11.2. The Morgan fingerprint density at radius 3 is 2.74 bits per heavy atom. The molecule has 0 atom stereocenters. The summed E-state index contributed by atoms with van der Waals surface area (Å²) in [5.74, 6) is 0.0908. The van der Waals surface area contributed by atoms with Crippen LogP contribution in [0.15, 0.2) is 41.1 Å². The highest BCUT2D eigenvalue weighted by Crippen LogP contribution is 2.31. The number of halogens is 2. The summed E-state index contributed by atoms with van der Waals surface area (Å²) < 4.78 is 40.9. The number of hydrogen-bond donors (Lipinski definition) is 2. The molecule has 0 bridgehead atoms. The number of fused-ring (bicyclic) bond motifs is 2. The number of piperidine rings is 1. The predicted molar refractivity (Wildman–Crippen MR) is 132 cm³/mol. The second kappa shape index (κ2) is 8.84. The minimum absolute atomic E-state index is 0.174. The smallest absolute Gasteiger partial charge is 0.211 e. The largest absolute Gasteiger partial charge is 0.383 e. The van der Waals surface area contributed by atoms with Gasteiger partial charge in [-0.05, 0) is 53.0 Å². The third-order valence-electron chi connectivity index (χ3n) is 6.13. The van der Waals surface area contributed by atoms with Gasteiger partial charge in [0.2, 0.25) is 10.0 Å². The Morgan fingerprint density at radius 1 is 1.24 bits per heavy atom. The highest BCUT2D eigenvalue weighted by atomic mass is 79.9. The molecule has 178 valence electrons. The van der Waals surface area contributed by atoms with Crippen LogP contribution in [-0.4, -0.2) is 57.7 Å². The van der Waals surface area contributed by atoms with Crippen LogP contribution < -0.4 is 11.1 Å². The molecule has 9 nitrogen and oxygen atoms in total. The Morgan fingerprint density at radius 2 is 2.00 bits per heavy atom. The minimum Gasteiger partial charge on any atom is -0.383 e. The fraction of sp³-hybridized carbons (Fsp3) is 0.318. The van der Waals surface area contributed by atoms with Crippen molar-refractivity contribution in [1.82, 2.24) is 29.2 Å². The van der Waals surface area contributed by atoms with Crippen LogP contribution in [0, 0.1) is 5.82 Å². The maximum Gasteiger partial charge on any atom is 0.211 e. The van der Waals surface area contributed by atoms with Gasteiger partial charge >= 0.3 is 0 Å². The molecule has 34 heavy (non-hydrogen) atoms. The molecule has 0 aliphatic carbocycles. The monoisotopic (exact) mass is 547 g/mol. The third kappa shape index (κ3) is 4.38. The van der Waals surface area contributed by atoms with Gasteiger partial charge in [0.1, 0.15) is 11.6 Å². The van der Waals surface area contributed by atoms with Crippen molar-refractivity contribution < 1.29 is 12.8 Å². The Hall–Kier alpha value is -2.67. The molecule has 4 heterocycles. The van der Waals surface area contributed by atoms with Crippen molar-refractivity contribution in [3.8, 4) is 11.1 Å². The van der Waals surface area contributed by atoms with Crippen molar-refractivity contribution in [2.24, 2.45) is 0 Å². The number of nitrogens with zero attached hydrogens (tertiary/aromatic N) is 5. The summed E-state index contributed by atoms with van der Waals surface area (Å²) in [6.07, 6.45) is 6.07. The lowest BCUT2D eigenvalue weighted by molar-refractivity contribution is 0.289. The zero-order valence-electron chi connectivity index (χ0n) is 18.4. The Labute approximate surface area is 204 Å². The number of sulfonamides is 1. The van der Waals surface area contributed by atoms with Crippen LogP contribution in [-0.2, 0) is 16.6 Å². The van der Waals surface area contributed by atoms with E-state index < -0.39 is 10.0 Å². The van der Waals surface area contributed by atoms with Gasteiger partial charge in [0.05, 0.1) is 28.1 Å². The maximum absolute atomic E-state index is 13.7. The van der Waals surface area contributed by atoms with Crippen LogP contribution in [0.25, 0.3) is 27.7 Å². The standard InChI is InChI=1S/C22H23BrFN7O2S/c1-34(32,33)30-6-4-16(5-7-30)26-12-19-20(23)21(25)31-22(29-19)17(11-28-31)14-8-13-9-15(24)2-3-18(13)27-10-14/h2-3,8-11,16,26H,4-7,12,25H2,1H3. The molecular formula is C22H23BrFN7O2S. The van der Waals surface area contributed by atoms with Crippen LogP contribution in [0.1, 0.15) is 18.5 Å². The van der Waals surface area contributed by atoms with E-state index in [4.69, 9.17) is 10.7 Å². The molecule has 1 aliphatic rings. The number of nitrogens with two attached hydrogens (primary N) is 1. The fourth-order valence-corrected chi connectivity index (χ4v) is 5.52. The third-order valence-corrected chi connectivity index (χ3v) is 8.29. The van der Waals surface area contributed by atoms with E-state index in [1.165, 1.54) is 22.7 Å². The van der Waals surface area contributed by atoms with E-state index in [0.29, 0.717) is 46.5 Å². The SMILES string of the molecule is CS(=O)(=O)N1CCC(NCc2nc3c(-c4cnc5ccc(F)cc5c4)cnn3c(N)c2Br)CC1. The molecule has 5 rings (SSSR count). The van der Waals surface area contributed by atoms with Gasteiger partial charge in [-0.15, -0.1) is 0 Å². The number of nitrogens with one attached hydrogen (secondary N) is 1. The quantitative estimate of drug-likeness (QED) is 0.394. The van der Waals surface area contributed by atoms with Crippen molar-refractivity contribution in [1.29, 1.82) is 0 Å². The number of rotatable bonds is 5. The van der Waals surface area contributed by atoms with Crippen molar-refractivity contribution in [3.05, 3.63) is 52.6 Å². The lowest BCUT2D eigenvalue weighted by Crippen LogP contribution is -2.44. The average Bonchev–Trinajstić information content (AvgIpc) is 3.23.